The molecule has 0 spiro atoms. The van der Waals surface area contributed by atoms with E-state index in [1.807, 2.05) is 24.3 Å². The minimum atomic E-state index is -0.349. The number of H-pyrrole nitrogens is 1. The van der Waals surface area contributed by atoms with Crippen LogP contribution < -0.4 is 14.8 Å². The van der Waals surface area contributed by atoms with Gasteiger partial charge in [-0.1, -0.05) is 12.1 Å². The van der Waals surface area contributed by atoms with Gasteiger partial charge in [0.05, 0.1) is 19.9 Å². The number of amides is 1. The highest BCUT2D eigenvalue weighted by Gasteiger charge is 2.15. The standard InChI is InChI=1S/C17H16N4O3/c1-23-14-8-4-3-6-11(14)13-10-15(21-20-13)19-16(22)12-7-5-9-18-17(12)24-2/h3-10H,1-2H3,(H2,19,20,21,22). The molecule has 122 valence electrons. The highest BCUT2D eigenvalue weighted by Crippen LogP contribution is 2.29. The lowest BCUT2D eigenvalue weighted by molar-refractivity contribution is 0.102. The van der Waals surface area contributed by atoms with Crippen LogP contribution in [0.15, 0.2) is 48.7 Å². The van der Waals surface area contributed by atoms with Crippen molar-refractivity contribution in [3.63, 3.8) is 0 Å². The van der Waals surface area contributed by atoms with Crippen LogP contribution in [0.2, 0.25) is 0 Å². The Morgan fingerprint density at radius 2 is 1.96 bits per heavy atom. The summed E-state index contributed by atoms with van der Waals surface area (Å²) in [6, 6.07) is 12.6. The Morgan fingerprint density at radius 1 is 1.12 bits per heavy atom. The van der Waals surface area contributed by atoms with E-state index in [1.165, 1.54) is 7.11 Å². The van der Waals surface area contributed by atoms with Crippen molar-refractivity contribution in [2.75, 3.05) is 19.5 Å². The second-order valence-corrected chi connectivity index (χ2v) is 4.88. The molecule has 2 heterocycles. The van der Waals surface area contributed by atoms with Crippen molar-refractivity contribution in [3.05, 3.63) is 54.2 Å². The van der Waals surface area contributed by atoms with Crippen LogP contribution in [0.1, 0.15) is 10.4 Å². The summed E-state index contributed by atoms with van der Waals surface area (Å²) in [5.41, 5.74) is 1.93. The largest absolute Gasteiger partial charge is 0.496 e. The first-order valence-electron chi connectivity index (χ1n) is 7.22. The van der Waals surface area contributed by atoms with Crippen molar-refractivity contribution in [2.24, 2.45) is 0 Å². The summed E-state index contributed by atoms with van der Waals surface area (Å²) in [6.45, 7) is 0. The molecule has 2 aromatic heterocycles. The number of rotatable bonds is 5. The lowest BCUT2D eigenvalue weighted by atomic mass is 10.1. The molecule has 0 radical (unpaired) electrons. The van der Waals surface area contributed by atoms with Crippen LogP contribution in [0.5, 0.6) is 11.6 Å². The maximum absolute atomic E-state index is 12.4. The van der Waals surface area contributed by atoms with Crippen LogP contribution >= 0.6 is 0 Å². The summed E-state index contributed by atoms with van der Waals surface area (Å²) in [6.07, 6.45) is 1.56. The van der Waals surface area contributed by atoms with Crippen molar-refractivity contribution in [1.29, 1.82) is 0 Å². The number of methoxy groups -OCH3 is 2. The zero-order valence-electron chi connectivity index (χ0n) is 13.2. The molecule has 1 aromatic carbocycles. The third kappa shape index (κ3) is 3.05. The van der Waals surface area contributed by atoms with Crippen molar-refractivity contribution in [1.82, 2.24) is 15.2 Å². The van der Waals surface area contributed by atoms with E-state index in [1.54, 1.807) is 31.5 Å². The van der Waals surface area contributed by atoms with Gasteiger partial charge in [-0.15, -0.1) is 0 Å². The molecule has 0 bridgehead atoms. The number of hydrogen-bond donors (Lipinski definition) is 2. The molecule has 0 fully saturated rings. The first kappa shape index (κ1) is 15.5. The molecule has 24 heavy (non-hydrogen) atoms. The minimum absolute atomic E-state index is 0.260. The van der Waals surface area contributed by atoms with Crippen molar-refractivity contribution in [3.8, 4) is 22.9 Å². The average molecular weight is 324 g/mol. The fourth-order valence-corrected chi connectivity index (χ4v) is 2.30. The number of carbonyl (C=O) groups excluding carboxylic acids is 1. The number of hydrogen-bond acceptors (Lipinski definition) is 5. The second kappa shape index (κ2) is 6.82. The van der Waals surface area contributed by atoms with Gasteiger partial charge in [0.25, 0.3) is 5.91 Å². The molecule has 0 saturated heterocycles. The third-order valence-electron chi connectivity index (χ3n) is 3.43. The number of anilines is 1. The number of benzene rings is 1. The van der Waals surface area contributed by atoms with Gasteiger partial charge in [0.1, 0.15) is 11.3 Å². The van der Waals surface area contributed by atoms with E-state index >= 15 is 0 Å². The predicted molar refractivity (Wildman–Crippen MR) is 89.3 cm³/mol. The molecule has 0 unspecified atom stereocenters. The van der Waals surface area contributed by atoms with E-state index in [-0.39, 0.29) is 11.8 Å². The fraction of sp³-hybridized carbons (Fsp3) is 0.118. The van der Waals surface area contributed by atoms with Gasteiger partial charge in [0.2, 0.25) is 5.88 Å². The van der Waals surface area contributed by atoms with Crippen LogP contribution in [0, 0.1) is 0 Å². The molecule has 0 atom stereocenters. The number of ether oxygens (including phenoxy) is 2. The van der Waals surface area contributed by atoms with Gasteiger partial charge in [-0.25, -0.2) is 4.98 Å². The molecule has 0 aliphatic carbocycles. The molecule has 2 N–H and O–H groups in total. The summed E-state index contributed by atoms with van der Waals surface area (Å²) in [7, 11) is 3.07. The number of aromatic nitrogens is 3. The summed E-state index contributed by atoms with van der Waals surface area (Å²) in [5.74, 6) is 1.02. The zero-order valence-corrected chi connectivity index (χ0v) is 13.2. The van der Waals surface area contributed by atoms with Crippen LogP contribution in [-0.4, -0.2) is 35.3 Å². The molecule has 0 saturated carbocycles. The van der Waals surface area contributed by atoms with Gasteiger partial charge < -0.3 is 14.8 Å². The number of para-hydroxylation sites is 1. The number of pyridine rings is 1. The third-order valence-corrected chi connectivity index (χ3v) is 3.43. The van der Waals surface area contributed by atoms with E-state index < -0.39 is 0 Å². The topological polar surface area (TPSA) is 89.1 Å². The SMILES string of the molecule is COc1ccccc1-c1cc(NC(=O)c2cccnc2OC)n[nH]1. The lowest BCUT2D eigenvalue weighted by Crippen LogP contribution is -2.14. The van der Waals surface area contributed by atoms with E-state index in [2.05, 4.69) is 20.5 Å². The lowest BCUT2D eigenvalue weighted by Gasteiger charge is -2.06. The van der Waals surface area contributed by atoms with Crippen LogP contribution in [0.4, 0.5) is 5.82 Å². The van der Waals surface area contributed by atoms with Gasteiger partial charge in [0, 0.05) is 17.8 Å². The summed E-state index contributed by atoms with van der Waals surface area (Å²) in [5, 5.41) is 9.72. The number of carbonyl (C=O) groups is 1. The Bertz CT molecular complexity index is 860. The molecule has 7 heteroatoms. The summed E-state index contributed by atoms with van der Waals surface area (Å²) >= 11 is 0. The smallest absolute Gasteiger partial charge is 0.262 e. The van der Waals surface area contributed by atoms with Crippen LogP contribution in [0.3, 0.4) is 0 Å². The van der Waals surface area contributed by atoms with E-state index in [0.717, 1.165) is 11.3 Å². The van der Waals surface area contributed by atoms with Gasteiger partial charge in [-0.3, -0.25) is 9.89 Å². The van der Waals surface area contributed by atoms with Crippen molar-refractivity contribution >= 4 is 11.7 Å². The summed E-state index contributed by atoms with van der Waals surface area (Å²) in [4.78, 5) is 16.4. The molecular weight excluding hydrogens is 308 g/mol. The first-order valence-corrected chi connectivity index (χ1v) is 7.22. The monoisotopic (exact) mass is 324 g/mol. The Balaban J connectivity index is 1.83. The highest BCUT2D eigenvalue weighted by molar-refractivity contribution is 6.05. The Labute approximate surface area is 138 Å². The molecule has 3 aromatic rings. The Morgan fingerprint density at radius 3 is 2.75 bits per heavy atom. The van der Waals surface area contributed by atoms with E-state index in [0.29, 0.717) is 17.1 Å². The molecule has 3 rings (SSSR count). The fourth-order valence-electron chi connectivity index (χ4n) is 2.30. The quantitative estimate of drug-likeness (QED) is 0.753. The highest BCUT2D eigenvalue weighted by atomic mass is 16.5. The van der Waals surface area contributed by atoms with Crippen molar-refractivity contribution in [2.45, 2.75) is 0 Å². The summed E-state index contributed by atoms with van der Waals surface area (Å²) < 4.78 is 10.4. The van der Waals surface area contributed by atoms with E-state index in [4.69, 9.17) is 9.47 Å². The molecule has 1 amide bonds. The molecule has 0 aliphatic rings. The van der Waals surface area contributed by atoms with Gasteiger partial charge in [0.15, 0.2) is 5.82 Å². The maximum atomic E-state index is 12.4. The number of nitrogens with one attached hydrogen (secondary N) is 2. The normalized spacial score (nSPS) is 10.2. The molecule has 7 nitrogen and oxygen atoms in total. The minimum Gasteiger partial charge on any atom is -0.496 e. The number of aromatic amines is 1. The predicted octanol–water partition coefficient (Wildman–Crippen LogP) is 2.74. The molecular formula is C17H16N4O3. The molecule has 0 aliphatic heterocycles. The van der Waals surface area contributed by atoms with Crippen molar-refractivity contribution < 1.29 is 14.3 Å². The van der Waals surface area contributed by atoms with Gasteiger partial charge in [-0.2, -0.15) is 5.10 Å². The average Bonchev–Trinajstić information content (AvgIpc) is 3.09. The zero-order chi connectivity index (χ0) is 16.9. The van der Waals surface area contributed by atoms with Crippen LogP contribution in [0.25, 0.3) is 11.3 Å². The maximum Gasteiger partial charge on any atom is 0.262 e. The van der Waals surface area contributed by atoms with Gasteiger partial charge >= 0.3 is 0 Å². The Hall–Kier alpha value is -3.35. The van der Waals surface area contributed by atoms with Gasteiger partial charge in [-0.05, 0) is 24.3 Å². The van der Waals surface area contributed by atoms with E-state index in [9.17, 15) is 4.79 Å². The Kier molecular flexibility index (Phi) is 4.42. The first-order chi connectivity index (χ1) is 11.7. The van der Waals surface area contributed by atoms with Crippen LogP contribution in [-0.2, 0) is 0 Å². The second-order valence-electron chi connectivity index (χ2n) is 4.88. The number of nitrogens with zero attached hydrogens (tertiary/aromatic N) is 2.